The van der Waals surface area contributed by atoms with Crippen LogP contribution in [0.25, 0.3) is 0 Å². The number of carbonyl (C=O) groups is 2. The van der Waals surface area contributed by atoms with E-state index in [2.05, 4.69) is 10.6 Å². The molecule has 0 fully saturated rings. The SMILES string of the molecule is CCc1ccccc1NC(=O)CN(C)[C@H](C)C(=O)Nc1cccc(Cl)c1. The number of para-hydroxylation sites is 1. The van der Waals surface area contributed by atoms with Crippen molar-refractivity contribution in [2.45, 2.75) is 26.3 Å². The average Bonchev–Trinajstić information content (AvgIpc) is 2.61. The first-order valence-electron chi connectivity index (χ1n) is 8.55. The first-order chi connectivity index (χ1) is 12.4. The van der Waals surface area contributed by atoms with Crippen LogP contribution in [0.1, 0.15) is 19.4 Å². The second-order valence-corrected chi connectivity index (χ2v) is 6.59. The van der Waals surface area contributed by atoms with Crippen molar-refractivity contribution < 1.29 is 9.59 Å². The first kappa shape index (κ1) is 19.9. The normalized spacial score (nSPS) is 11.9. The molecule has 0 heterocycles. The molecular formula is C20H24ClN3O2. The second-order valence-electron chi connectivity index (χ2n) is 6.15. The maximum atomic E-state index is 12.4. The number of nitrogens with one attached hydrogen (secondary N) is 2. The lowest BCUT2D eigenvalue weighted by Gasteiger charge is -2.23. The lowest BCUT2D eigenvalue weighted by atomic mass is 10.1. The number of hydrogen-bond donors (Lipinski definition) is 2. The highest BCUT2D eigenvalue weighted by molar-refractivity contribution is 6.30. The molecule has 1 atom stereocenters. The maximum absolute atomic E-state index is 12.4. The van der Waals surface area contributed by atoms with Gasteiger partial charge < -0.3 is 10.6 Å². The molecule has 138 valence electrons. The Morgan fingerprint density at radius 3 is 2.54 bits per heavy atom. The van der Waals surface area contributed by atoms with Crippen LogP contribution < -0.4 is 10.6 Å². The van der Waals surface area contributed by atoms with Crippen LogP contribution in [0, 0.1) is 0 Å². The molecule has 2 N–H and O–H groups in total. The van der Waals surface area contributed by atoms with E-state index in [0.717, 1.165) is 17.7 Å². The molecule has 0 saturated carbocycles. The van der Waals surface area contributed by atoms with E-state index in [4.69, 9.17) is 11.6 Å². The Labute approximate surface area is 159 Å². The summed E-state index contributed by atoms with van der Waals surface area (Å²) in [5, 5.41) is 6.27. The number of carbonyl (C=O) groups excluding carboxylic acids is 2. The summed E-state index contributed by atoms with van der Waals surface area (Å²) in [6, 6.07) is 14.2. The average molecular weight is 374 g/mol. The molecule has 2 aromatic carbocycles. The summed E-state index contributed by atoms with van der Waals surface area (Å²) in [5.41, 5.74) is 2.52. The van der Waals surface area contributed by atoms with Crippen LogP contribution in [-0.2, 0) is 16.0 Å². The van der Waals surface area contributed by atoms with Gasteiger partial charge in [0.25, 0.3) is 0 Å². The number of benzene rings is 2. The molecule has 2 aromatic rings. The van der Waals surface area contributed by atoms with E-state index < -0.39 is 6.04 Å². The number of halogens is 1. The quantitative estimate of drug-likeness (QED) is 0.776. The minimum Gasteiger partial charge on any atom is -0.325 e. The highest BCUT2D eigenvalue weighted by Gasteiger charge is 2.20. The molecule has 0 spiro atoms. The van der Waals surface area contributed by atoms with Gasteiger partial charge in [-0.15, -0.1) is 0 Å². The van der Waals surface area contributed by atoms with Crippen LogP contribution in [0.4, 0.5) is 11.4 Å². The Bertz CT molecular complexity index is 779. The van der Waals surface area contributed by atoms with Crippen molar-refractivity contribution in [1.29, 1.82) is 0 Å². The standard InChI is InChI=1S/C20H24ClN3O2/c1-4-15-8-5-6-11-18(15)23-19(25)13-24(3)14(2)20(26)22-17-10-7-9-16(21)12-17/h5-12,14H,4,13H2,1-3H3,(H,22,26)(H,23,25)/t14-/m1/s1. The molecule has 0 aliphatic carbocycles. The van der Waals surface area contributed by atoms with Gasteiger partial charge in [0.1, 0.15) is 0 Å². The van der Waals surface area contributed by atoms with Gasteiger partial charge in [-0.3, -0.25) is 14.5 Å². The number of aryl methyl sites for hydroxylation is 1. The minimum atomic E-state index is -0.471. The van der Waals surface area contributed by atoms with E-state index in [1.165, 1.54) is 0 Å². The van der Waals surface area contributed by atoms with Crippen molar-refractivity contribution in [3.8, 4) is 0 Å². The lowest BCUT2D eigenvalue weighted by molar-refractivity contribution is -0.122. The molecule has 2 rings (SSSR count). The maximum Gasteiger partial charge on any atom is 0.241 e. The third-order valence-corrected chi connectivity index (χ3v) is 4.43. The van der Waals surface area contributed by atoms with E-state index >= 15 is 0 Å². The third kappa shape index (κ3) is 5.58. The van der Waals surface area contributed by atoms with Crippen LogP contribution >= 0.6 is 11.6 Å². The van der Waals surface area contributed by atoms with E-state index in [1.54, 1.807) is 43.1 Å². The van der Waals surface area contributed by atoms with E-state index in [0.29, 0.717) is 10.7 Å². The van der Waals surface area contributed by atoms with E-state index in [-0.39, 0.29) is 18.4 Å². The number of amides is 2. The molecule has 6 heteroatoms. The number of nitrogens with zero attached hydrogens (tertiary/aromatic N) is 1. The summed E-state index contributed by atoms with van der Waals surface area (Å²) in [6.45, 7) is 3.91. The van der Waals surface area contributed by atoms with Gasteiger partial charge in [0, 0.05) is 16.4 Å². The van der Waals surface area contributed by atoms with Gasteiger partial charge >= 0.3 is 0 Å². The van der Waals surface area contributed by atoms with Gasteiger partial charge in [-0.2, -0.15) is 0 Å². The highest BCUT2D eigenvalue weighted by Crippen LogP contribution is 2.16. The lowest BCUT2D eigenvalue weighted by Crippen LogP contribution is -2.43. The van der Waals surface area contributed by atoms with Crippen molar-refractivity contribution in [2.24, 2.45) is 0 Å². The largest absolute Gasteiger partial charge is 0.325 e. The minimum absolute atomic E-state index is 0.113. The smallest absolute Gasteiger partial charge is 0.241 e. The molecule has 0 aliphatic rings. The summed E-state index contributed by atoms with van der Waals surface area (Å²) in [6.07, 6.45) is 0.838. The van der Waals surface area contributed by atoms with Gasteiger partial charge in [0.15, 0.2) is 0 Å². The number of anilines is 2. The monoisotopic (exact) mass is 373 g/mol. The fourth-order valence-electron chi connectivity index (χ4n) is 2.52. The third-order valence-electron chi connectivity index (χ3n) is 4.20. The summed E-state index contributed by atoms with van der Waals surface area (Å²) >= 11 is 5.93. The Morgan fingerprint density at radius 1 is 1.12 bits per heavy atom. The molecule has 0 unspecified atom stereocenters. The molecular weight excluding hydrogens is 350 g/mol. The van der Waals surface area contributed by atoms with Gasteiger partial charge in [0.2, 0.25) is 11.8 Å². The molecule has 26 heavy (non-hydrogen) atoms. The predicted octanol–water partition coefficient (Wildman–Crippen LogP) is 3.80. The molecule has 0 bridgehead atoms. The van der Waals surface area contributed by atoms with Crippen molar-refractivity contribution in [3.63, 3.8) is 0 Å². The summed E-state index contributed by atoms with van der Waals surface area (Å²) in [4.78, 5) is 26.4. The molecule has 0 aromatic heterocycles. The highest BCUT2D eigenvalue weighted by atomic mass is 35.5. The van der Waals surface area contributed by atoms with Crippen molar-refractivity contribution in [3.05, 3.63) is 59.1 Å². The van der Waals surface area contributed by atoms with Crippen molar-refractivity contribution in [1.82, 2.24) is 4.90 Å². The zero-order valence-electron chi connectivity index (χ0n) is 15.3. The van der Waals surface area contributed by atoms with E-state index in [9.17, 15) is 9.59 Å². The summed E-state index contributed by atoms with van der Waals surface area (Å²) in [5.74, 6) is -0.354. The zero-order chi connectivity index (χ0) is 19.1. The van der Waals surface area contributed by atoms with Crippen LogP contribution in [0.5, 0.6) is 0 Å². The first-order valence-corrected chi connectivity index (χ1v) is 8.93. The van der Waals surface area contributed by atoms with Gasteiger partial charge in [-0.1, -0.05) is 42.8 Å². The van der Waals surface area contributed by atoms with Crippen LogP contribution in [0.15, 0.2) is 48.5 Å². The topological polar surface area (TPSA) is 61.4 Å². The van der Waals surface area contributed by atoms with Crippen LogP contribution in [0.3, 0.4) is 0 Å². The van der Waals surface area contributed by atoms with E-state index in [1.807, 2.05) is 31.2 Å². The predicted molar refractivity (Wildman–Crippen MR) is 107 cm³/mol. The molecule has 0 radical (unpaired) electrons. The molecule has 0 aliphatic heterocycles. The Morgan fingerprint density at radius 2 is 1.85 bits per heavy atom. The molecule has 2 amide bonds. The van der Waals surface area contributed by atoms with Gasteiger partial charge in [-0.05, 0) is 50.2 Å². The van der Waals surface area contributed by atoms with Gasteiger partial charge in [0.05, 0.1) is 12.6 Å². The zero-order valence-corrected chi connectivity index (χ0v) is 16.0. The van der Waals surface area contributed by atoms with Crippen LogP contribution in [0.2, 0.25) is 5.02 Å². The van der Waals surface area contributed by atoms with Crippen molar-refractivity contribution in [2.75, 3.05) is 24.2 Å². The Balaban J connectivity index is 1.92. The fourth-order valence-corrected chi connectivity index (χ4v) is 2.71. The molecule has 0 saturated heterocycles. The second kappa shape index (κ2) is 9.36. The fraction of sp³-hybridized carbons (Fsp3) is 0.300. The van der Waals surface area contributed by atoms with Crippen LogP contribution in [-0.4, -0.2) is 36.3 Å². The summed E-state index contributed by atoms with van der Waals surface area (Å²) in [7, 11) is 1.74. The number of hydrogen-bond acceptors (Lipinski definition) is 3. The van der Waals surface area contributed by atoms with Gasteiger partial charge in [-0.25, -0.2) is 0 Å². The number of likely N-dealkylation sites (N-methyl/N-ethyl adjacent to an activating group) is 1. The molecule has 5 nitrogen and oxygen atoms in total. The summed E-state index contributed by atoms with van der Waals surface area (Å²) < 4.78 is 0. The Kier molecular flexibility index (Phi) is 7.18. The number of rotatable bonds is 7. The van der Waals surface area contributed by atoms with Crippen molar-refractivity contribution >= 4 is 34.8 Å². The Hall–Kier alpha value is -2.37.